The summed E-state index contributed by atoms with van der Waals surface area (Å²) in [6, 6.07) is 0. The number of hydrogen-bond acceptors (Lipinski definition) is 8. The Morgan fingerprint density at radius 1 is 0.456 bits per heavy atom. The van der Waals surface area contributed by atoms with Crippen molar-refractivity contribution in [1.29, 1.82) is 0 Å². The third kappa shape index (κ3) is 38.9. The lowest BCUT2D eigenvalue weighted by molar-refractivity contribution is -0.150. The maximum atomic E-state index is 12.6. The Kier molecular flexibility index (Phi) is 41.5. The average molecular weight is 806 g/mol. The SMILES string of the molecule is CCCCCC=CCC=CCCCCCCCC(=O)OCC(COC(=O)CCCCCCCC(CCCCC)CCCCC)COC(=O)OCCCN(CC)CC. The number of carbonyl (C=O) groups excluding carboxylic acids is 3. The first-order valence-electron chi connectivity index (χ1n) is 24.0. The van der Waals surface area contributed by atoms with Gasteiger partial charge in [0, 0.05) is 19.4 Å². The lowest BCUT2D eigenvalue weighted by atomic mass is 9.90. The van der Waals surface area contributed by atoms with Crippen LogP contribution in [0, 0.1) is 11.8 Å². The normalized spacial score (nSPS) is 12.3. The van der Waals surface area contributed by atoms with Crippen LogP contribution in [-0.4, -0.2) is 69.1 Å². The minimum absolute atomic E-state index is 0.0273. The Balaban J connectivity index is 4.50. The van der Waals surface area contributed by atoms with E-state index >= 15 is 0 Å². The molecule has 0 spiro atoms. The summed E-state index contributed by atoms with van der Waals surface area (Å²) in [7, 11) is 0. The van der Waals surface area contributed by atoms with E-state index in [2.05, 4.69) is 63.8 Å². The lowest BCUT2D eigenvalue weighted by Gasteiger charge is -2.18. The molecule has 8 heteroatoms. The molecular weight excluding hydrogens is 715 g/mol. The van der Waals surface area contributed by atoms with Crippen molar-refractivity contribution in [2.24, 2.45) is 11.8 Å². The molecule has 334 valence electrons. The Morgan fingerprint density at radius 3 is 1.42 bits per heavy atom. The van der Waals surface area contributed by atoms with Crippen LogP contribution in [0.25, 0.3) is 0 Å². The van der Waals surface area contributed by atoms with Crippen LogP contribution < -0.4 is 0 Å². The summed E-state index contributed by atoms with van der Waals surface area (Å²) in [6.07, 6.45) is 39.7. The number of carbonyl (C=O) groups is 3. The number of unbranched alkanes of at least 4 members (excludes halogenated alkanes) is 16. The van der Waals surface area contributed by atoms with E-state index in [1.165, 1.54) is 103 Å². The topological polar surface area (TPSA) is 91.4 Å². The van der Waals surface area contributed by atoms with Crippen molar-refractivity contribution in [2.45, 2.75) is 214 Å². The first kappa shape index (κ1) is 54.6. The number of rotatable bonds is 42. The molecule has 1 unspecified atom stereocenters. The van der Waals surface area contributed by atoms with Gasteiger partial charge in [0.1, 0.15) is 19.8 Å². The minimum atomic E-state index is -0.754. The highest BCUT2D eigenvalue weighted by molar-refractivity contribution is 5.69. The highest BCUT2D eigenvalue weighted by Gasteiger charge is 2.18. The van der Waals surface area contributed by atoms with Gasteiger partial charge in [-0.05, 0) is 70.4 Å². The van der Waals surface area contributed by atoms with Gasteiger partial charge in [0.15, 0.2) is 0 Å². The van der Waals surface area contributed by atoms with Crippen molar-refractivity contribution in [2.75, 3.05) is 46.1 Å². The summed E-state index contributed by atoms with van der Waals surface area (Å²) in [6.45, 7) is 14.1. The molecule has 0 aliphatic carbocycles. The minimum Gasteiger partial charge on any atom is -0.465 e. The molecule has 0 aromatic rings. The van der Waals surface area contributed by atoms with Crippen molar-refractivity contribution in [1.82, 2.24) is 4.90 Å². The van der Waals surface area contributed by atoms with Crippen molar-refractivity contribution >= 4 is 18.1 Å². The van der Waals surface area contributed by atoms with Gasteiger partial charge in [-0.15, -0.1) is 0 Å². The van der Waals surface area contributed by atoms with Gasteiger partial charge in [-0.1, -0.05) is 174 Å². The predicted octanol–water partition coefficient (Wildman–Crippen LogP) is 13.9. The molecule has 1 atom stereocenters. The summed E-state index contributed by atoms with van der Waals surface area (Å²) in [5.74, 6) is -0.112. The molecule has 0 aliphatic rings. The summed E-state index contributed by atoms with van der Waals surface area (Å²) in [5, 5.41) is 0. The first-order valence-corrected chi connectivity index (χ1v) is 24.0. The Labute approximate surface area is 352 Å². The summed E-state index contributed by atoms with van der Waals surface area (Å²) < 4.78 is 21.8. The highest BCUT2D eigenvalue weighted by Crippen LogP contribution is 2.24. The van der Waals surface area contributed by atoms with Gasteiger partial charge >= 0.3 is 18.1 Å². The summed E-state index contributed by atoms with van der Waals surface area (Å²) >= 11 is 0. The van der Waals surface area contributed by atoms with Crippen LogP contribution in [0.2, 0.25) is 0 Å². The smallest absolute Gasteiger partial charge is 0.465 e. The quantitative estimate of drug-likeness (QED) is 0.0261. The Morgan fingerprint density at radius 2 is 0.895 bits per heavy atom. The van der Waals surface area contributed by atoms with Crippen LogP contribution >= 0.6 is 0 Å². The number of ether oxygens (including phenoxy) is 4. The largest absolute Gasteiger partial charge is 0.508 e. The number of hydrogen-bond donors (Lipinski definition) is 0. The van der Waals surface area contributed by atoms with Gasteiger partial charge < -0.3 is 23.8 Å². The maximum absolute atomic E-state index is 12.6. The van der Waals surface area contributed by atoms with Crippen LogP contribution in [0.3, 0.4) is 0 Å². The van der Waals surface area contributed by atoms with E-state index in [1.807, 2.05) is 0 Å². The van der Waals surface area contributed by atoms with E-state index in [4.69, 9.17) is 18.9 Å². The van der Waals surface area contributed by atoms with Gasteiger partial charge in [-0.25, -0.2) is 4.79 Å². The molecule has 0 N–H and O–H groups in total. The van der Waals surface area contributed by atoms with Gasteiger partial charge in [0.25, 0.3) is 0 Å². The van der Waals surface area contributed by atoms with Crippen LogP contribution in [0.5, 0.6) is 0 Å². The Hall–Kier alpha value is -2.35. The fraction of sp³-hybridized carbons (Fsp3) is 0.857. The number of nitrogens with zero attached hydrogens (tertiary/aromatic N) is 1. The zero-order valence-electron chi connectivity index (χ0n) is 38.0. The molecule has 8 nitrogen and oxygen atoms in total. The Bertz CT molecular complexity index is 953. The molecule has 0 saturated heterocycles. The van der Waals surface area contributed by atoms with E-state index in [1.54, 1.807) is 0 Å². The fourth-order valence-corrected chi connectivity index (χ4v) is 7.03. The van der Waals surface area contributed by atoms with Gasteiger partial charge in [-0.3, -0.25) is 9.59 Å². The molecule has 0 amide bonds. The molecule has 0 aromatic heterocycles. The van der Waals surface area contributed by atoms with Gasteiger partial charge in [-0.2, -0.15) is 0 Å². The van der Waals surface area contributed by atoms with Crippen molar-refractivity contribution in [3.8, 4) is 0 Å². The monoisotopic (exact) mass is 806 g/mol. The molecule has 0 aromatic carbocycles. The molecular formula is C49H91NO7. The van der Waals surface area contributed by atoms with E-state index in [0.29, 0.717) is 12.8 Å². The lowest BCUT2D eigenvalue weighted by Crippen LogP contribution is -2.27. The summed E-state index contributed by atoms with van der Waals surface area (Å²) in [5.41, 5.74) is 0. The van der Waals surface area contributed by atoms with E-state index in [0.717, 1.165) is 89.8 Å². The van der Waals surface area contributed by atoms with E-state index in [-0.39, 0.29) is 38.4 Å². The molecule has 0 heterocycles. The van der Waals surface area contributed by atoms with Crippen LogP contribution in [0.15, 0.2) is 24.3 Å². The maximum Gasteiger partial charge on any atom is 0.508 e. The van der Waals surface area contributed by atoms with Crippen LogP contribution in [0.4, 0.5) is 4.79 Å². The van der Waals surface area contributed by atoms with Crippen molar-refractivity contribution < 1.29 is 33.3 Å². The summed E-state index contributed by atoms with van der Waals surface area (Å²) in [4.78, 5) is 39.8. The molecule has 0 aliphatic heterocycles. The second kappa shape index (κ2) is 43.2. The molecule has 0 radical (unpaired) electrons. The molecule has 0 saturated carbocycles. The van der Waals surface area contributed by atoms with Gasteiger partial charge in [0.2, 0.25) is 0 Å². The zero-order chi connectivity index (χ0) is 41.9. The molecule has 57 heavy (non-hydrogen) atoms. The van der Waals surface area contributed by atoms with Crippen LogP contribution in [-0.2, 0) is 28.5 Å². The molecule has 0 bridgehead atoms. The third-order valence-corrected chi connectivity index (χ3v) is 10.9. The van der Waals surface area contributed by atoms with Crippen molar-refractivity contribution in [3.05, 3.63) is 24.3 Å². The van der Waals surface area contributed by atoms with E-state index in [9.17, 15) is 14.4 Å². The predicted molar refractivity (Wildman–Crippen MR) is 239 cm³/mol. The number of esters is 2. The first-order chi connectivity index (χ1) is 27.9. The fourth-order valence-electron chi connectivity index (χ4n) is 7.03. The second-order valence-corrected chi connectivity index (χ2v) is 16.2. The van der Waals surface area contributed by atoms with E-state index < -0.39 is 12.1 Å². The second-order valence-electron chi connectivity index (χ2n) is 16.2. The molecule has 0 rings (SSSR count). The zero-order valence-corrected chi connectivity index (χ0v) is 38.0. The van der Waals surface area contributed by atoms with Crippen molar-refractivity contribution in [3.63, 3.8) is 0 Å². The molecule has 0 fully saturated rings. The average Bonchev–Trinajstić information content (AvgIpc) is 3.21. The highest BCUT2D eigenvalue weighted by atomic mass is 16.7. The van der Waals surface area contributed by atoms with Gasteiger partial charge in [0.05, 0.1) is 12.5 Å². The van der Waals surface area contributed by atoms with Crippen LogP contribution in [0.1, 0.15) is 214 Å². The number of allylic oxidation sites excluding steroid dienone is 4. The standard InChI is InChI=1S/C49H91NO7/c1-6-11-14-15-16-17-18-19-20-21-22-23-24-27-32-38-47(51)55-42-46(44-57-49(53)54-41-34-40-50(9-4)10-5)43-56-48(52)39-33-28-25-26-31-37-45(35-29-12-7-2)36-30-13-8-3/h16-17,19-20,45-46H,6-15,18,21-44H2,1-5H3. The third-order valence-electron chi connectivity index (χ3n) is 10.9.